The standard InChI is InChI=1S/C22H40N5O3/c1-17(28)26(15-21(29)16-27-18-6-5-7-19(27)9-8-18)13-12-25-11-10-20(14-25)24(4)22(30)23(2)3/h5,18-21,29H,6-16H2,1-4H3. The van der Waals surface area contributed by atoms with Gasteiger partial charge in [0.15, 0.2) is 0 Å². The lowest BCUT2D eigenvalue weighted by atomic mass is 10.0. The quantitative estimate of drug-likeness (QED) is 0.624. The van der Waals surface area contributed by atoms with E-state index in [4.69, 9.17) is 0 Å². The largest absolute Gasteiger partial charge is 0.390 e. The fraction of sp³-hybridized carbons (Fsp3) is 0.864. The molecule has 3 aliphatic heterocycles. The molecular formula is C22H40N5O3. The molecule has 0 aliphatic carbocycles. The van der Waals surface area contributed by atoms with Gasteiger partial charge >= 0.3 is 6.03 Å². The van der Waals surface area contributed by atoms with Gasteiger partial charge in [-0.25, -0.2) is 4.79 Å². The van der Waals surface area contributed by atoms with E-state index in [1.165, 1.54) is 12.8 Å². The smallest absolute Gasteiger partial charge is 0.319 e. The van der Waals surface area contributed by atoms with E-state index in [-0.39, 0.29) is 18.0 Å². The Morgan fingerprint density at radius 1 is 1.13 bits per heavy atom. The molecule has 2 bridgehead atoms. The van der Waals surface area contributed by atoms with Gasteiger partial charge in [-0.2, -0.15) is 0 Å². The maximum atomic E-state index is 12.2. The van der Waals surface area contributed by atoms with Gasteiger partial charge in [-0.15, -0.1) is 0 Å². The first-order valence-corrected chi connectivity index (χ1v) is 11.4. The minimum atomic E-state index is -0.509. The second-order valence-electron chi connectivity index (χ2n) is 9.49. The van der Waals surface area contributed by atoms with E-state index in [0.29, 0.717) is 31.7 Å². The number of aliphatic hydroxyl groups is 1. The lowest BCUT2D eigenvalue weighted by molar-refractivity contribution is -0.130. The van der Waals surface area contributed by atoms with E-state index in [1.807, 2.05) is 11.9 Å². The van der Waals surface area contributed by atoms with E-state index in [9.17, 15) is 14.7 Å². The molecule has 1 N–H and O–H groups in total. The van der Waals surface area contributed by atoms with Crippen molar-refractivity contribution in [1.82, 2.24) is 24.5 Å². The van der Waals surface area contributed by atoms with Crippen LogP contribution in [0.25, 0.3) is 0 Å². The predicted molar refractivity (Wildman–Crippen MR) is 117 cm³/mol. The molecule has 3 rings (SSSR count). The Hall–Kier alpha value is -1.38. The minimum absolute atomic E-state index is 0.0136. The summed E-state index contributed by atoms with van der Waals surface area (Å²) in [6, 6.07) is 1.39. The Bertz CT molecular complexity index is 585. The highest BCUT2D eigenvalue weighted by Gasteiger charge is 2.37. The fourth-order valence-electron chi connectivity index (χ4n) is 5.30. The number of fused-ring (bicyclic) bond motifs is 2. The summed E-state index contributed by atoms with van der Waals surface area (Å²) in [5.41, 5.74) is 0. The minimum Gasteiger partial charge on any atom is -0.390 e. The summed E-state index contributed by atoms with van der Waals surface area (Å²) >= 11 is 0. The van der Waals surface area contributed by atoms with Crippen LogP contribution in [0.5, 0.6) is 0 Å². The van der Waals surface area contributed by atoms with Crippen LogP contribution >= 0.6 is 0 Å². The molecule has 3 fully saturated rings. The first kappa shape index (κ1) is 23.3. The topological polar surface area (TPSA) is 70.6 Å². The number of amides is 3. The number of rotatable bonds is 8. The van der Waals surface area contributed by atoms with Crippen molar-refractivity contribution in [3.05, 3.63) is 6.42 Å². The average Bonchev–Trinajstić information content (AvgIpc) is 3.24. The molecule has 171 valence electrons. The highest BCUT2D eigenvalue weighted by molar-refractivity contribution is 5.74. The third-order valence-electron chi connectivity index (χ3n) is 7.11. The summed E-state index contributed by atoms with van der Waals surface area (Å²) in [4.78, 5) is 34.3. The van der Waals surface area contributed by atoms with Crippen LogP contribution in [0.2, 0.25) is 0 Å². The summed E-state index contributed by atoms with van der Waals surface area (Å²) in [6.45, 7) is 5.79. The van der Waals surface area contributed by atoms with Crippen molar-refractivity contribution in [1.29, 1.82) is 0 Å². The fourth-order valence-corrected chi connectivity index (χ4v) is 5.30. The number of urea groups is 1. The van der Waals surface area contributed by atoms with Gasteiger partial charge in [-0.1, -0.05) is 0 Å². The number of carbonyl (C=O) groups is 2. The highest BCUT2D eigenvalue weighted by Crippen LogP contribution is 2.34. The van der Waals surface area contributed by atoms with Crippen molar-refractivity contribution in [2.75, 3.05) is 60.4 Å². The number of likely N-dealkylation sites (N-methyl/N-ethyl adjacent to an activating group) is 1. The molecule has 3 saturated heterocycles. The lowest BCUT2D eigenvalue weighted by Gasteiger charge is -2.37. The van der Waals surface area contributed by atoms with Gasteiger partial charge < -0.3 is 19.8 Å². The lowest BCUT2D eigenvalue weighted by Crippen LogP contribution is -2.49. The Kier molecular flexibility index (Phi) is 7.98. The number of nitrogens with zero attached hydrogens (tertiary/aromatic N) is 5. The normalized spacial score (nSPS) is 27.8. The Morgan fingerprint density at radius 2 is 1.80 bits per heavy atom. The monoisotopic (exact) mass is 422 g/mol. The summed E-state index contributed by atoms with van der Waals surface area (Å²) < 4.78 is 0. The number of carbonyl (C=O) groups excluding carboxylic acids is 2. The van der Waals surface area contributed by atoms with Gasteiger partial charge in [0.05, 0.1) is 6.10 Å². The van der Waals surface area contributed by atoms with E-state index in [1.54, 1.807) is 30.8 Å². The molecule has 4 atom stereocenters. The van der Waals surface area contributed by atoms with Crippen molar-refractivity contribution in [3.8, 4) is 0 Å². The van der Waals surface area contributed by atoms with Gasteiger partial charge in [-0.3, -0.25) is 14.6 Å². The highest BCUT2D eigenvalue weighted by atomic mass is 16.3. The van der Waals surface area contributed by atoms with Crippen molar-refractivity contribution in [2.45, 2.75) is 63.3 Å². The van der Waals surface area contributed by atoms with Gasteiger partial charge in [0.25, 0.3) is 0 Å². The van der Waals surface area contributed by atoms with Crippen LogP contribution in [0.15, 0.2) is 0 Å². The number of hydrogen-bond acceptors (Lipinski definition) is 5. The van der Waals surface area contributed by atoms with Crippen LogP contribution in [0.1, 0.15) is 39.0 Å². The summed E-state index contributed by atoms with van der Waals surface area (Å²) in [7, 11) is 5.41. The maximum absolute atomic E-state index is 12.2. The molecule has 8 nitrogen and oxygen atoms in total. The van der Waals surface area contributed by atoms with Gasteiger partial charge in [0.2, 0.25) is 5.91 Å². The first-order valence-electron chi connectivity index (χ1n) is 11.4. The first-order chi connectivity index (χ1) is 14.3. The second-order valence-corrected chi connectivity index (χ2v) is 9.49. The van der Waals surface area contributed by atoms with Crippen molar-refractivity contribution >= 4 is 11.9 Å². The number of piperidine rings is 1. The Labute approximate surface area is 181 Å². The van der Waals surface area contributed by atoms with E-state index >= 15 is 0 Å². The number of aliphatic hydroxyl groups excluding tert-OH is 1. The van der Waals surface area contributed by atoms with E-state index < -0.39 is 6.10 Å². The zero-order valence-corrected chi connectivity index (χ0v) is 19.2. The molecule has 8 heteroatoms. The van der Waals surface area contributed by atoms with Crippen molar-refractivity contribution < 1.29 is 14.7 Å². The molecule has 3 heterocycles. The van der Waals surface area contributed by atoms with Gasteiger partial charge in [-0.05, 0) is 38.5 Å². The zero-order valence-electron chi connectivity index (χ0n) is 19.2. The molecule has 3 amide bonds. The average molecular weight is 423 g/mol. The van der Waals surface area contributed by atoms with Gasteiger partial charge in [0.1, 0.15) is 0 Å². The van der Waals surface area contributed by atoms with Crippen LogP contribution in [-0.2, 0) is 4.79 Å². The summed E-state index contributed by atoms with van der Waals surface area (Å²) in [5, 5.41) is 10.7. The molecule has 3 aliphatic rings. The summed E-state index contributed by atoms with van der Waals surface area (Å²) in [5.74, 6) is 0.0136. The second kappa shape index (κ2) is 10.3. The van der Waals surface area contributed by atoms with Crippen molar-refractivity contribution in [3.63, 3.8) is 0 Å². The van der Waals surface area contributed by atoms with Gasteiger partial charge in [0, 0.05) is 85.5 Å². The molecule has 0 spiro atoms. The number of likely N-dealkylation sites (tertiary alicyclic amines) is 1. The zero-order chi connectivity index (χ0) is 21.8. The van der Waals surface area contributed by atoms with Crippen LogP contribution < -0.4 is 0 Å². The van der Waals surface area contributed by atoms with Crippen LogP contribution in [0.3, 0.4) is 0 Å². The third-order valence-corrected chi connectivity index (χ3v) is 7.11. The molecular weight excluding hydrogens is 382 g/mol. The Balaban J connectivity index is 1.43. The van der Waals surface area contributed by atoms with Crippen LogP contribution in [0.4, 0.5) is 4.79 Å². The molecule has 4 unspecified atom stereocenters. The number of hydrogen-bond donors (Lipinski definition) is 1. The predicted octanol–water partition coefficient (Wildman–Crippen LogP) is 0.715. The van der Waals surface area contributed by atoms with Crippen LogP contribution in [0, 0.1) is 6.42 Å². The van der Waals surface area contributed by atoms with E-state index in [0.717, 1.165) is 38.9 Å². The summed E-state index contributed by atoms with van der Waals surface area (Å²) in [6.07, 6.45) is 7.54. The van der Waals surface area contributed by atoms with Crippen molar-refractivity contribution in [2.24, 2.45) is 0 Å². The maximum Gasteiger partial charge on any atom is 0.319 e. The molecule has 1 radical (unpaired) electrons. The SMILES string of the molecule is CC(=O)N(CCN1CCC(N(C)C(=O)N(C)C)C1)CC(O)CN1C2C[CH]CC1CC2. The Morgan fingerprint density at radius 3 is 2.40 bits per heavy atom. The molecule has 0 saturated carbocycles. The molecule has 0 aromatic heterocycles. The van der Waals surface area contributed by atoms with Crippen LogP contribution in [-0.4, -0.2) is 126 Å². The molecule has 0 aromatic rings. The molecule has 30 heavy (non-hydrogen) atoms. The molecule has 0 aromatic carbocycles. The van der Waals surface area contributed by atoms with E-state index in [2.05, 4.69) is 16.2 Å². The third kappa shape index (κ3) is 5.65.